The van der Waals surface area contributed by atoms with Gasteiger partial charge in [-0.15, -0.1) is 4.40 Å². The Balaban J connectivity index is 1.42. The summed E-state index contributed by atoms with van der Waals surface area (Å²) in [6, 6.07) is 18.7. The van der Waals surface area contributed by atoms with Crippen LogP contribution in [-0.4, -0.2) is 74.0 Å². The van der Waals surface area contributed by atoms with Crippen molar-refractivity contribution in [2.75, 3.05) is 32.1 Å². The minimum Gasteiger partial charge on any atom is -0.494 e. The molecule has 1 aliphatic rings. The van der Waals surface area contributed by atoms with Crippen LogP contribution in [0.4, 0.5) is 0 Å². The Kier molecular flexibility index (Phi) is 8.41. The molecule has 1 saturated heterocycles. The third-order valence-electron chi connectivity index (χ3n) is 6.60. The van der Waals surface area contributed by atoms with Crippen LogP contribution < -0.4 is 4.74 Å². The molecule has 1 fully saturated rings. The molecule has 216 valence electrons. The minimum atomic E-state index is -4.05. The average molecular weight is 614 g/mol. The van der Waals surface area contributed by atoms with Crippen LogP contribution in [0.15, 0.2) is 86.1 Å². The molecule has 0 saturated carbocycles. The first-order valence-electron chi connectivity index (χ1n) is 13.0. The number of amidine groups is 1. The molecular weight excluding hydrogens is 583 g/mol. The van der Waals surface area contributed by atoms with Crippen molar-refractivity contribution < 1.29 is 21.6 Å². The number of H-pyrrole nitrogens is 1. The number of benzene rings is 3. The van der Waals surface area contributed by atoms with E-state index < -0.39 is 20.0 Å². The number of thioether (sulfide) groups is 1. The van der Waals surface area contributed by atoms with Crippen molar-refractivity contribution in [1.29, 1.82) is 0 Å². The zero-order chi connectivity index (χ0) is 29.2. The number of sulfonamides is 2. The van der Waals surface area contributed by atoms with Gasteiger partial charge >= 0.3 is 0 Å². The maximum absolute atomic E-state index is 13.3. The summed E-state index contributed by atoms with van der Waals surface area (Å²) in [6.45, 7) is 6.71. The van der Waals surface area contributed by atoms with E-state index in [1.165, 1.54) is 28.2 Å². The van der Waals surface area contributed by atoms with Gasteiger partial charge in [0.05, 0.1) is 39.9 Å². The lowest BCUT2D eigenvalue weighted by molar-refractivity contribution is 0.340. The van der Waals surface area contributed by atoms with E-state index in [1.807, 2.05) is 39.0 Å². The van der Waals surface area contributed by atoms with Crippen molar-refractivity contribution in [3.8, 4) is 5.75 Å². The standard InChI is InChI=1S/C28H31N5O5S3/c1-4-38-22-9-14-25-26(17-22)30-28(29-25)39-18-27(31-40(34,35)23-10-5-20(2)6-11-23)32-15-16-33(19-32)41(36,37)24-12-7-21(3)8-13-24/h5-14,17H,4,15-16,18-19H2,1-3H3,(H,29,30). The third-order valence-corrected chi connectivity index (χ3v) is 10.6. The quantitative estimate of drug-likeness (QED) is 0.167. The second-order valence-electron chi connectivity index (χ2n) is 9.64. The van der Waals surface area contributed by atoms with Crippen molar-refractivity contribution >= 4 is 48.7 Å². The number of rotatable bonds is 9. The maximum atomic E-state index is 13.3. The summed E-state index contributed by atoms with van der Waals surface area (Å²) < 4.78 is 64.4. The van der Waals surface area contributed by atoms with Crippen LogP contribution in [0, 0.1) is 13.8 Å². The molecule has 5 rings (SSSR count). The van der Waals surface area contributed by atoms with E-state index in [1.54, 1.807) is 41.3 Å². The van der Waals surface area contributed by atoms with Gasteiger partial charge in [-0.25, -0.2) is 13.4 Å². The largest absolute Gasteiger partial charge is 0.494 e. The molecule has 0 spiro atoms. The highest BCUT2D eigenvalue weighted by Crippen LogP contribution is 2.26. The monoisotopic (exact) mass is 613 g/mol. The smallest absolute Gasteiger partial charge is 0.283 e. The van der Waals surface area contributed by atoms with E-state index in [4.69, 9.17) is 4.74 Å². The van der Waals surface area contributed by atoms with Gasteiger partial charge in [-0.2, -0.15) is 12.7 Å². The van der Waals surface area contributed by atoms with E-state index in [2.05, 4.69) is 14.4 Å². The molecule has 13 heteroatoms. The summed E-state index contributed by atoms with van der Waals surface area (Å²) in [7, 11) is -7.81. The van der Waals surface area contributed by atoms with Gasteiger partial charge < -0.3 is 14.6 Å². The highest BCUT2D eigenvalue weighted by molar-refractivity contribution is 8.00. The van der Waals surface area contributed by atoms with Gasteiger partial charge in [-0.1, -0.05) is 47.2 Å². The second-order valence-corrected chi connectivity index (χ2v) is 14.1. The Morgan fingerprint density at radius 2 is 1.61 bits per heavy atom. The van der Waals surface area contributed by atoms with E-state index in [9.17, 15) is 16.8 Å². The lowest BCUT2D eigenvalue weighted by Gasteiger charge is -2.21. The minimum absolute atomic E-state index is 0.0170. The average Bonchev–Trinajstić information content (AvgIpc) is 3.59. The molecule has 2 heterocycles. The first-order valence-corrected chi connectivity index (χ1v) is 16.9. The predicted octanol–water partition coefficient (Wildman–Crippen LogP) is 4.42. The lowest BCUT2D eigenvalue weighted by Crippen LogP contribution is -2.35. The Labute approximate surface area is 244 Å². The summed E-state index contributed by atoms with van der Waals surface area (Å²) in [6.07, 6.45) is 0. The number of fused-ring (bicyclic) bond motifs is 1. The van der Waals surface area contributed by atoms with Crippen LogP contribution >= 0.6 is 11.8 Å². The Bertz CT molecular complexity index is 1790. The zero-order valence-corrected chi connectivity index (χ0v) is 25.4. The maximum Gasteiger partial charge on any atom is 0.283 e. The molecular formula is C28H31N5O5S3. The number of nitrogens with one attached hydrogen (secondary N) is 1. The molecule has 0 unspecified atom stereocenters. The lowest BCUT2D eigenvalue weighted by atomic mass is 10.2. The van der Waals surface area contributed by atoms with E-state index >= 15 is 0 Å². The van der Waals surface area contributed by atoms with Crippen LogP contribution in [0.2, 0.25) is 0 Å². The van der Waals surface area contributed by atoms with Crippen LogP contribution in [-0.2, 0) is 20.0 Å². The number of ether oxygens (including phenoxy) is 1. The normalized spacial score (nSPS) is 15.1. The van der Waals surface area contributed by atoms with Crippen LogP contribution in [0.5, 0.6) is 5.75 Å². The van der Waals surface area contributed by atoms with Gasteiger partial charge in [-0.3, -0.25) is 0 Å². The van der Waals surface area contributed by atoms with Crippen molar-refractivity contribution in [2.24, 2.45) is 4.40 Å². The number of imidazole rings is 1. The van der Waals surface area contributed by atoms with Crippen molar-refractivity contribution in [2.45, 2.75) is 35.7 Å². The number of aryl methyl sites for hydroxylation is 2. The molecule has 1 aliphatic heterocycles. The molecule has 0 aliphatic carbocycles. The summed E-state index contributed by atoms with van der Waals surface area (Å²) >= 11 is 1.29. The topological polar surface area (TPSA) is 125 Å². The zero-order valence-electron chi connectivity index (χ0n) is 22.9. The first kappa shape index (κ1) is 29.1. The molecule has 1 aromatic heterocycles. The second kappa shape index (κ2) is 11.8. The fourth-order valence-corrected chi connectivity index (χ4v) is 7.70. The number of aromatic nitrogens is 2. The fourth-order valence-electron chi connectivity index (χ4n) is 4.33. The summed E-state index contributed by atoms with van der Waals surface area (Å²) in [5, 5.41) is 0.581. The Hall–Kier alpha value is -3.39. The van der Waals surface area contributed by atoms with Crippen LogP contribution in [0.3, 0.4) is 0 Å². The fraction of sp³-hybridized carbons (Fsp3) is 0.286. The van der Waals surface area contributed by atoms with Gasteiger partial charge in [0.1, 0.15) is 11.6 Å². The summed E-state index contributed by atoms with van der Waals surface area (Å²) in [5.41, 5.74) is 3.43. The van der Waals surface area contributed by atoms with Gasteiger partial charge in [0.25, 0.3) is 10.0 Å². The summed E-state index contributed by atoms with van der Waals surface area (Å²) in [5.74, 6) is 1.12. The first-order chi connectivity index (χ1) is 19.5. The van der Waals surface area contributed by atoms with Crippen LogP contribution in [0.25, 0.3) is 11.0 Å². The van der Waals surface area contributed by atoms with Crippen LogP contribution in [0.1, 0.15) is 18.1 Å². The van der Waals surface area contributed by atoms with E-state index in [-0.39, 0.29) is 34.6 Å². The Morgan fingerprint density at radius 1 is 0.951 bits per heavy atom. The Morgan fingerprint density at radius 3 is 2.27 bits per heavy atom. The molecule has 10 nitrogen and oxygen atoms in total. The molecule has 0 bridgehead atoms. The number of hydrogen-bond acceptors (Lipinski definition) is 7. The van der Waals surface area contributed by atoms with E-state index in [0.717, 1.165) is 27.9 Å². The van der Waals surface area contributed by atoms with Crippen molar-refractivity contribution in [1.82, 2.24) is 19.2 Å². The van der Waals surface area contributed by atoms with Gasteiger partial charge in [-0.05, 0) is 57.2 Å². The van der Waals surface area contributed by atoms with Gasteiger partial charge in [0.15, 0.2) is 5.16 Å². The van der Waals surface area contributed by atoms with Crippen molar-refractivity contribution in [3.63, 3.8) is 0 Å². The summed E-state index contributed by atoms with van der Waals surface area (Å²) in [4.78, 5) is 9.80. The predicted molar refractivity (Wildman–Crippen MR) is 160 cm³/mol. The van der Waals surface area contributed by atoms with Crippen molar-refractivity contribution in [3.05, 3.63) is 77.9 Å². The molecule has 1 N–H and O–H groups in total. The SMILES string of the molecule is CCOc1ccc2nc(SCC(=NS(=O)(=O)c3ccc(C)cc3)N3CCN(S(=O)(=O)c4ccc(C)cc4)C3)[nH]c2c1. The number of aromatic amines is 1. The van der Waals surface area contributed by atoms with Gasteiger partial charge in [0.2, 0.25) is 10.0 Å². The molecule has 0 atom stereocenters. The molecule has 41 heavy (non-hydrogen) atoms. The molecule has 3 aromatic carbocycles. The molecule has 4 aromatic rings. The molecule has 0 amide bonds. The van der Waals surface area contributed by atoms with Gasteiger partial charge in [0, 0.05) is 19.2 Å². The number of nitrogens with zero attached hydrogens (tertiary/aromatic N) is 4. The molecule has 0 radical (unpaired) electrons. The highest BCUT2D eigenvalue weighted by atomic mass is 32.2. The van der Waals surface area contributed by atoms with E-state index in [0.29, 0.717) is 18.3 Å². The number of hydrogen-bond donors (Lipinski definition) is 1. The third kappa shape index (κ3) is 6.58. The highest BCUT2D eigenvalue weighted by Gasteiger charge is 2.33.